The number of carbonyl (C=O) groups is 1. The summed E-state index contributed by atoms with van der Waals surface area (Å²) >= 11 is 0. The van der Waals surface area contributed by atoms with E-state index in [4.69, 9.17) is 5.10 Å². The molecule has 180 valence electrons. The van der Waals surface area contributed by atoms with E-state index in [9.17, 15) is 4.79 Å². The molecular formula is C31H30N4O. The van der Waals surface area contributed by atoms with Crippen LogP contribution in [-0.2, 0) is 10.2 Å². The van der Waals surface area contributed by atoms with Crippen LogP contribution in [0.5, 0.6) is 0 Å². The van der Waals surface area contributed by atoms with Crippen LogP contribution >= 0.6 is 0 Å². The number of carbonyl (C=O) groups excluding carboxylic acids is 1. The molecule has 4 aromatic rings. The first-order valence-electron chi connectivity index (χ1n) is 12.5. The van der Waals surface area contributed by atoms with Crippen LogP contribution in [0, 0.1) is 6.92 Å². The molecule has 0 aliphatic carbocycles. The molecule has 1 saturated heterocycles. The average molecular weight is 475 g/mol. The van der Waals surface area contributed by atoms with Gasteiger partial charge in [-0.3, -0.25) is 4.79 Å². The van der Waals surface area contributed by atoms with Crippen molar-refractivity contribution in [1.82, 2.24) is 15.1 Å². The van der Waals surface area contributed by atoms with Gasteiger partial charge in [-0.25, -0.2) is 4.68 Å². The van der Waals surface area contributed by atoms with Crippen molar-refractivity contribution >= 4 is 17.7 Å². The van der Waals surface area contributed by atoms with Gasteiger partial charge >= 0.3 is 0 Å². The van der Waals surface area contributed by atoms with Crippen molar-refractivity contribution in [2.24, 2.45) is 0 Å². The zero-order valence-electron chi connectivity index (χ0n) is 20.9. The van der Waals surface area contributed by atoms with E-state index in [0.29, 0.717) is 13.0 Å². The molecule has 5 nitrogen and oxygen atoms in total. The third-order valence-corrected chi connectivity index (χ3v) is 7.72. The molecule has 0 saturated carbocycles. The lowest BCUT2D eigenvalue weighted by atomic mass is 9.74. The zero-order chi connectivity index (χ0) is 24.9. The highest BCUT2D eigenvalue weighted by Crippen LogP contribution is 2.52. The van der Waals surface area contributed by atoms with Crippen molar-refractivity contribution in [1.29, 1.82) is 0 Å². The number of hydrogen-bond acceptors (Lipinski definition) is 3. The van der Waals surface area contributed by atoms with Crippen LogP contribution in [0.25, 0.3) is 23.0 Å². The van der Waals surface area contributed by atoms with Gasteiger partial charge in [0.1, 0.15) is 5.66 Å². The molecule has 5 heteroatoms. The molecule has 2 aliphatic heterocycles. The summed E-state index contributed by atoms with van der Waals surface area (Å²) in [5, 5.41) is 8.36. The normalized spacial score (nSPS) is 20.3. The lowest BCUT2D eigenvalue weighted by Crippen LogP contribution is -2.68. The van der Waals surface area contributed by atoms with Gasteiger partial charge in [0, 0.05) is 29.6 Å². The van der Waals surface area contributed by atoms with Crippen LogP contribution < -0.4 is 10.2 Å². The Morgan fingerprint density at radius 3 is 2.44 bits per heavy atom. The number of anilines is 1. The zero-order valence-corrected chi connectivity index (χ0v) is 20.9. The molecule has 6 rings (SSSR count). The molecule has 0 spiro atoms. The molecule has 1 atom stereocenters. The molecule has 1 unspecified atom stereocenters. The van der Waals surface area contributed by atoms with E-state index < -0.39 is 5.66 Å². The number of nitrogens with zero attached hydrogens (tertiary/aromatic N) is 3. The Bertz CT molecular complexity index is 1470. The standard InChI is InChI=1S/C31H30N4O/c1-22-13-15-23(16-14-22)27-21-25(35(33-27)24-9-5-4-6-10-24)17-19-31-30(2,3)26-11-7-8-12-28(26)34(31)20-18-29(36)32-31/h4-17,19,21H,18,20H2,1-3H3,(H,32,36)/b19-17+. The maximum Gasteiger partial charge on any atom is 0.223 e. The van der Waals surface area contributed by atoms with Crippen molar-refractivity contribution in [2.45, 2.75) is 38.3 Å². The summed E-state index contributed by atoms with van der Waals surface area (Å²) in [6.07, 6.45) is 4.77. The average Bonchev–Trinajstić information content (AvgIpc) is 3.40. The molecule has 3 aromatic carbocycles. The number of para-hydroxylation sites is 2. The first kappa shape index (κ1) is 22.4. The van der Waals surface area contributed by atoms with Crippen LogP contribution in [0.3, 0.4) is 0 Å². The summed E-state index contributed by atoms with van der Waals surface area (Å²) in [4.78, 5) is 15.1. The smallest absolute Gasteiger partial charge is 0.223 e. The second kappa shape index (κ2) is 8.23. The van der Waals surface area contributed by atoms with E-state index >= 15 is 0 Å². The second-order valence-corrected chi connectivity index (χ2v) is 10.3. The van der Waals surface area contributed by atoms with Gasteiger partial charge in [0.15, 0.2) is 0 Å². The monoisotopic (exact) mass is 474 g/mol. The minimum atomic E-state index is -0.665. The fourth-order valence-corrected chi connectivity index (χ4v) is 5.68. The SMILES string of the molecule is Cc1ccc(-c2cc(/C=C/C34NC(=O)CCN3c3ccccc3C4(C)C)n(-c3ccccc3)n2)cc1. The number of fused-ring (bicyclic) bond motifs is 3. The molecule has 0 bridgehead atoms. The molecule has 1 fully saturated rings. The quantitative estimate of drug-likeness (QED) is 0.402. The number of rotatable bonds is 4. The topological polar surface area (TPSA) is 50.2 Å². The molecule has 1 N–H and O–H groups in total. The maximum atomic E-state index is 12.8. The number of hydrogen-bond donors (Lipinski definition) is 1. The van der Waals surface area contributed by atoms with Crippen molar-refractivity contribution in [3.05, 3.63) is 108 Å². The van der Waals surface area contributed by atoms with Gasteiger partial charge < -0.3 is 10.2 Å². The number of amides is 1. The Labute approximate surface area is 212 Å². The third-order valence-electron chi connectivity index (χ3n) is 7.72. The van der Waals surface area contributed by atoms with Gasteiger partial charge in [0.2, 0.25) is 5.91 Å². The Hall–Kier alpha value is -4.12. The van der Waals surface area contributed by atoms with Gasteiger partial charge in [-0.1, -0.05) is 80.1 Å². The highest BCUT2D eigenvalue weighted by Gasteiger charge is 2.57. The number of aromatic nitrogens is 2. The first-order chi connectivity index (χ1) is 17.4. The van der Waals surface area contributed by atoms with Gasteiger partial charge in [0.05, 0.1) is 17.1 Å². The number of benzene rings is 3. The van der Waals surface area contributed by atoms with E-state index in [1.165, 1.54) is 16.8 Å². The predicted molar refractivity (Wildman–Crippen MR) is 145 cm³/mol. The summed E-state index contributed by atoms with van der Waals surface area (Å²) in [5.74, 6) is 0.0775. The summed E-state index contributed by atoms with van der Waals surface area (Å²) in [6.45, 7) is 7.20. The van der Waals surface area contributed by atoms with Crippen molar-refractivity contribution in [3.63, 3.8) is 0 Å². The molecule has 2 aliphatic rings. The highest BCUT2D eigenvalue weighted by atomic mass is 16.2. The van der Waals surface area contributed by atoms with Gasteiger partial charge in [0.25, 0.3) is 0 Å². The molecule has 1 amide bonds. The highest BCUT2D eigenvalue weighted by molar-refractivity contribution is 5.84. The van der Waals surface area contributed by atoms with Gasteiger partial charge in [-0.2, -0.15) is 5.10 Å². The van der Waals surface area contributed by atoms with E-state index in [0.717, 1.165) is 22.6 Å². The molecule has 36 heavy (non-hydrogen) atoms. The Balaban J connectivity index is 1.49. The van der Waals surface area contributed by atoms with Crippen molar-refractivity contribution in [3.8, 4) is 16.9 Å². The van der Waals surface area contributed by atoms with Crippen LogP contribution in [0.15, 0.2) is 91.0 Å². The van der Waals surface area contributed by atoms with Crippen LogP contribution in [0.1, 0.15) is 37.1 Å². The van der Waals surface area contributed by atoms with Gasteiger partial charge in [-0.15, -0.1) is 0 Å². The Morgan fingerprint density at radius 1 is 0.944 bits per heavy atom. The fourth-order valence-electron chi connectivity index (χ4n) is 5.68. The lowest BCUT2D eigenvalue weighted by molar-refractivity contribution is -0.124. The third kappa shape index (κ3) is 3.38. The maximum absolute atomic E-state index is 12.8. The van der Waals surface area contributed by atoms with E-state index in [1.807, 2.05) is 22.9 Å². The summed E-state index contributed by atoms with van der Waals surface area (Å²) in [7, 11) is 0. The predicted octanol–water partition coefficient (Wildman–Crippen LogP) is 5.87. The molecule has 0 radical (unpaired) electrons. The van der Waals surface area contributed by atoms with Crippen molar-refractivity contribution in [2.75, 3.05) is 11.4 Å². The van der Waals surface area contributed by atoms with Gasteiger partial charge in [-0.05, 0) is 48.9 Å². The number of aryl methyl sites for hydroxylation is 1. The fraction of sp³-hybridized carbons (Fsp3) is 0.226. The molecule has 1 aromatic heterocycles. The minimum absolute atomic E-state index is 0.0775. The van der Waals surface area contributed by atoms with E-state index in [-0.39, 0.29) is 11.3 Å². The lowest BCUT2D eigenvalue weighted by Gasteiger charge is -2.49. The van der Waals surface area contributed by atoms with Crippen molar-refractivity contribution < 1.29 is 4.79 Å². The largest absolute Gasteiger partial charge is 0.344 e. The second-order valence-electron chi connectivity index (χ2n) is 10.3. The summed E-state index contributed by atoms with van der Waals surface area (Å²) in [6, 6.07) is 29.2. The number of nitrogens with one attached hydrogen (secondary N) is 1. The molecule has 3 heterocycles. The van der Waals surface area contributed by atoms with Crippen LogP contribution in [0.4, 0.5) is 5.69 Å². The summed E-state index contributed by atoms with van der Waals surface area (Å²) < 4.78 is 1.98. The summed E-state index contributed by atoms with van der Waals surface area (Å²) in [5.41, 5.74) is 6.59. The van der Waals surface area contributed by atoms with E-state index in [1.54, 1.807) is 0 Å². The minimum Gasteiger partial charge on any atom is -0.344 e. The first-order valence-corrected chi connectivity index (χ1v) is 12.5. The van der Waals surface area contributed by atoms with Crippen LogP contribution in [0.2, 0.25) is 0 Å². The van der Waals surface area contributed by atoms with E-state index in [2.05, 4.69) is 110 Å². The molecular weight excluding hydrogens is 444 g/mol. The van der Waals surface area contributed by atoms with Crippen LogP contribution in [-0.4, -0.2) is 27.9 Å². The Kier molecular flexibility index (Phi) is 5.11. The Morgan fingerprint density at radius 2 is 1.67 bits per heavy atom.